The highest BCUT2D eigenvalue weighted by atomic mass is 15.1. The van der Waals surface area contributed by atoms with Gasteiger partial charge in [0.1, 0.15) is 11.7 Å². The van der Waals surface area contributed by atoms with E-state index in [4.69, 9.17) is 11.5 Å². The number of hydrogen-bond acceptors (Lipinski definition) is 4. The van der Waals surface area contributed by atoms with E-state index < -0.39 is 0 Å². The molecule has 0 fully saturated rings. The van der Waals surface area contributed by atoms with Crippen LogP contribution in [0.3, 0.4) is 0 Å². The molecule has 3 aromatic rings. The summed E-state index contributed by atoms with van der Waals surface area (Å²) in [4.78, 5) is 13.3. The van der Waals surface area contributed by atoms with Crippen LogP contribution in [0.15, 0.2) is 70.6 Å². The van der Waals surface area contributed by atoms with Crippen LogP contribution in [0.1, 0.15) is 24.0 Å². The van der Waals surface area contributed by atoms with Crippen molar-refractivity contribution in [2.75, 3.05) is 54.4 Å². The van der Waals surface area contributed by atoms with Crippen LogP contribution in [0.2, 0.25) is 0 Å². The number of nitrogens with zero attached hydrogens (tertiary/aromatic N) is 5. The number of rotatable bonds is 12. The van der Waals surface area contributed by atoms with Crippen LogP contribution in [0, 0.1) is 0 Å². The molecule has 0 saturated carbocycles. The van der Waals surface area contributed by atoms with E-state index in [0.717, 1.165) is 72.7 Å². The lowest BCUT2D eigenvalue weighted by Gasteiger charge is -2.10. The summed E-state index contributed by atoms with van der Waals surface area (Å²) in [6.07, 6.45) is 1.99. The quantitative estimate of drug-likeness (QED) is 0.232. The van der Waals surface area contributed by atoms with Crippen LogP contribution < -0.4 is 11.5 Å². The fourth-order valence-electron chi connectivity index (χ4n) is 4.07. The van der Waals surface area contributed by atoms with Gasteiger partial charge in [-0.15, -0.1) is 0 Å². The second kappa shape index (κ2) is 13.0. The van der Waals surface area contributed by atoms with Gasteiger partial charge in [0.2, 0.25) is 0 Å². The lowest BCUT2D eigenvalue weighted by atomic mass is 10.1. The molecule has 4 N–H and O–H groups in total. The number of amidine groups is 2. The summed E-state index contributed by atoms with van der Waals surface area (Å²) in [5, 5.41) is 0. The first-order valence-corrected chi connectivity index (χ1v) is 12.5. The summed E-state index contributed by atoms with van der Waals surface area (Å²) in [6.45, 7) is 3.48. The molecule has 7 heteroatoms. The van der Waals surface area contributed by atoms with Gasteiger partial charge >= 0.3 is 0 Å². The van der Waals surface area contributed by atoms with E-state index in [0.29, 0.717) is 11.7 Å². The summed E-state index contributed by atoms with van der Waals surface area (Å²) in [5.41, 5.74) is 18.9. The molecular formula is C29H41N7. The number of benzene rings is 2. The van der Waals surface area contributed by atoms with Crippen molar-refractivity contribution in [2.45, 2.75) is 12.8 Å². The number of aliphatic imine (C=N–C) groups is 2. The molecule has 192 valence electrons. The Morgan fingerprint density at radius 3 is 1.33 bits per heavy atom. The van der Waals surface area contributed by atoms with Gasteiger partial charge in [-0.1, -0.05) is 48.5 Å². The maximum atomic E-state index is 6.20. The topological polar surface area (TPSA) is 88.2 Å². The molecule has 0 spiro atoms. The van der Waals surface area contributed by atoms with Crippen molar-refractivity contribution in [3.8, 4) is 22.5 Å². The molecule has 1 heterocycles. The summed E-state index contributed by atoms with van der Waals surface area (Å²) in [6, 6.07) is 20.9. The predicted molar refractivity (Wildman–Crippen MR) is 154 cm³/mol. The van der Waals surface area contributed by atoms with Crippen LogP contribution >= 0.6 is 0 Å². The van der Waals surface area contributed by atoms with Crippen LogP contribution in [-0.4, -0.2) is 80.4 Å². The fraction of sp³-hybridized carbons (Fsp3) is 0.379. The maximum absolute atomic E-state index is 6.20. The standard InChI is InChI=1S/C29H41N7/c1-34(2)20-6-18-32-28(30)24-12-8-22(9-13-24)26-16-17-27(36(26)5)23-10-14-25(15-11-23)29(31)33-19-7-21-35(3)4/h8-17H,6-7,18-21H2,1-5H3,(H2,30,32)(H2,31,33). The van der Waals surface area contributed by atoms with Gasteiger partial charge in [0, 0.05) is 42.7 Å². The molecule has 0 saturated heterocycles. The van der Waals surface area contributed by atoms with E-state index in [1.807, 2.05) is 24.3 Å². The second-order valence-electron chi connectivity index (χ2n) is 9.67. The maximum Gasteiger partial charge on any atom is 0.125 e. The normalized spacial score (nSPS) is 12.6. The van der Waals surface area contributed by atoms with E-state index in [1.165, 1.54) is 0 Å². The zero-order valence-electron chi connectivity index (χ0n) is 22.4. The third kappa shape index (κ3) is 7.54. The highest BCUT2D eigenvalue weighted by molar-refractivity contribution is 5.98. The Labute approximate surface area is 216 Å². The summed E-state index contributed by atoms with van der Waals surface area (Å²) < 4.78 is 2.21. The molecule has 36 heavy (non-hydrogen) atoms. The molecule has 0 aliphatic rings. The Morgan fingerprint density at radius 1 is 0.639 bits per heavy atom. The van der Waals surface area contributed by atoms with Gasteiger partial charge in [0.05, 0.1) is 0 Å². The minimum atomic E-state index is 0.591. The van der Waals surface area contributed by atoms with E-state index in [2.05, 4.69) is 96.0 Å². The molecule has 0 aliphatic heterocycles. The van der Waals surface area contributed by atoms with Gasteiger partial charge < -0.3 is 25.8 Å². The van der Waals surface area contributed by atoms with E-state index in [-0.39, 0.29) is 0 Å². The largest absolute Gasteiger partial charge is 0.384 e. The average molecular weight is 488 g/mol. The Bertz CT molecular complexity index is 1060. The van der Waals surface area contributed by atoms with E-state index >= 15 is 0 Å². The molecule has 3 rings (SSSR count). The van der Waals surface area contributed by atoms with Gasteiger partial charge in [-0.25, -0.2) is 0 Å². The van der Waals surface area contributed by atoms with Crippen LogP contribution in [0.25, 0.3) is 22.5 Å². The third-order valence-corrected chi connectivity index (χ3v) is 6.17. The molecule has 2 aromatic carbocycles. The van der Waals surface area contributed by atoms with Crippen molar-refractivity contribution >= 4 is 11.7 Å². The van der Waals surface area contributed by atoms with Crippen molar-refractivity contribution in [3.05, 3.63) is 71.8 Å². The molecule has 0 unspecified atom stereocenters. The minimum Gasteiger partial charge on any atom is -0.384 e. The molecule has 7 nitrogen and oxygen atoms in total. The molecule has 1 aromatic heterocycles. The van der Waals surface area contributed by atoms with Crippen molar-refractivity contribution in [1.82, 2.24) is 14.4 Å². The van der Waals surface area contributed by atoms with E-state index in [9.17, 15) is 0 Å². The summed E-state index contributed by atoms with van der Waals surface area (Å²) >= 11 is 0. The monoisotopic (exact) mass is 487 g/mol. The zero-order valence-corrected chi connectivity index (χ0v) is 22.4. The van der Waals surface area contributed by atoms with E-state index in [1.54, 1.807) is 0 Å². The molecule has 0 bridgehead atoms. The average Bonchev–Trinajstić information content (AvgIpc) is 3.25. The van der Waals surface area contributed by atoms with Crippen molar-refractivity contribution < 1.29 is 0 Å². The first-order valence-electron chi connectivity index (χ1n) is 12.5. The smallest absolute Gasteiger partial charge is 0.125 e. The Balaban J connectivity index is 1.67. The highest BCUT2D eigenvalue weighted by Crippen LogP contribution is 2.28. The van der Waals surface area contributed by atoms with Gasteiger partial charge in [-0.3, -0.25) is 9.98 Å². The van der Waals surface area contributed by atoms with Gasteiger partial charge in [-0.2, -0.15) is 0 Å². The van der Waals surface area contributed by atoms with Crippen molar-refractivity contribution in [1.29, 1.82) is 0 Å². The minimum absolute atomic E-state index is 0.591. The lowest BCUT2D eigenvalue weighted by molar-refractivity contribution is 0.403. The van der Waals surface area contributed by atoms with Crippen LogP contribution in [0.5, 0.6) is 0 Å². The second-order valence-corrected chi connectivity index (χ2v) is 9.67. The van der Waals surface area contributed by atoms with Gasteiger partial charge in [-0.05, 0) is 77.4 Å². The molecule has 0 amide bonds. The molecule has 0 aliphatic carbocycles. The fourth-order valence-corrected chi connectivity index (χ4v) is 4.07. The number of aromatic nitrogens is 1. The number of hydrogen-bond donors (Lipinski definition) is 2. The van der Waals surface area contributed by atoms with Crippen molar-refractivity contribution in [3.63, 3.8) is 0 Å². The summed E-state index contributed by atoms with van der Waals surface area (Å²) in [5.74, 6) is 1.18. The summed E-state index contributed by atoms with van der Waals surface area (Å²) in [7, 11) is 10.4. The SMILES string of the molecule is CN(C)CCCN=C(N)c1ccc(-c2ccc(-c3ccc(C(N)=NCCCN(C)C)cc3)n2C)cc1. The molecule has 0 radical (unpaired) electrons. The zero-order chi connectivity index (χ0) is 26.1. The third-order valence-electron chi connectivity index (χ3n) is 6.17. The molecular weight excluding hydrogens is 446 g/mol. The van der Waals surface area contributed by atoms with Gasteiger partial charge in [0.15, 0.2) is 0 Å². The number of nitrogens with two attached hydrogens (primary N) is 2. The first kappa shape index (κ1) is 27.2. The molecule has 0 atom stereocenters. The van der Waals surface area contributed by atoms with Crippen molar-refractivity contribution in [2.24, 2.45) is 28.5 Å². The Hall–Kier alpha value is -3.42. The van der Waals surface area contributed by atoms with Crippen LogP contribution in [-0.2, 0) is 7.05 Å². The van der Waals surface area contributed by atoms with Crippen LogP contribution in [0.4, 0.5) is 0 Å². The Kier molecular flexibility index (Phi) is 9.85. The Morgan fingerprint density at radius 2 is 1.00 bits per heavy atom. The predicted octanol–water partition coefficient (Wildman–Crippen LogP) is 3.67. The lowest BCUT2D eigenvalue weighted by Crippen LogP contribution is -2.16. The highest BCUT2D eigenvalue weighted by Gasteiger charge is 2.10. The van der Waals surface area contributed by atoms with Gasteiger partial charge in [0.25, 0.3) is 0 Å². The first-order chi connectivity index (χ1) is 17.3.